The van der Waals surface area contributed by atoms with Gasteiger partial charge in [0, 0.05) is 19.7 Å². The Morgan fingerprint density at radius 1 is 1.45 bits per heavy atom. The lowest BCUT2D eigenvalue weighted by Crippen LogP contribution is -2.50. The summed E-state index contributed by atoms with van der Waals surface area (Å²) in [4.78, 5) is 13.8. The molecule has 3 aliphatic heterocycles. The molecule has 8 nitrogen and oxygen atoms in total. The summed E-state index contributed by atoms with van der Waals surface area (Å²) in [6.07, 6.45) is 1.62. The van der Waals surface area contributed by atoms with Gasteiger partial charge in [-0.3, -0.25) is 4.90 Å². The minimum atomic E-state index is -0.772. The van der Waals surface area contributed by atoms with Crippen molar-refractivity contribution >= 4 is 6.03 Å². The van der Waals surface area contributed by atoms with Crippen LogP contribution in [0.1, 0.15) is 20.3 Å². The third kappa shape index (κ3) is 2.72. The van der Waals surface area contributed by atoms with E-state index >= 15 is 0 Å². The van der Waals surface area contributed by atoms with Crippen LogP contribution < -0.4 is 5.32 Å². The molecule has 0 aromatic heterocycles. The molecule has 2 N–H and O–H groups in total. The molecule has 8 heteroatoms. The highest BCUT2D eigenvalue weighted by atomic mass is 16.8. The molecule has 1 unspecified atom stereocenters. The standard InChI is InChI=1S/C14H22N2O6/c1-14(2)21-10-8(7-17)20-12(11(10)22-14)16-6-4-5-9(19-3)15-13(16)18/h4,6,8-12,17H,5,7H2,1-3H3,(H,15,18)/t8-,9?,10-,11-,12-/m1/s1. The average molecular weight is 314 g/mol. The van der Waals surface area contributed by atoms with Gasteiger partial charge in [0.25, 0.3) is 0 Å². The molecule has 5 atom stereocenters. The Morgan fingerprint density at radius 3 is 2.86 bits per heavy atom. The van der Waals surface area contributed by atoms with Crippen molar-refractivity contribution in [1.29, 1.82) is 0 Å². The summed E-state index contributed by atoms with van der Waals surface area (Å²) in [5, 5.41) is 12.2. The largest absolute Gasteiger partial charge is 0.394 e. The maximum Gasteiger partial charge on any atom is 0.325 e. The van der Waals surface area contributed by atoms with Crippen molar-refractivity contribution in [2.24, 2.45) is 0 Å². The second-order valence-electron chi connectivity index (χ2n) is 6.01. The zero-order chi connectivity index (χ0) is 15.9. The van der Waals surface area contributed by atoms with E-state index in [1.165, 1.54) is 12.0 Å². The topological polar surface area (TPSA) is 89.5 Å². The summed E-state index contributed by atoms with van der Waals surface area (Å²) < 4.78 is 22.6. The van der Waals surface area contributed by atoms with Gasteiger partial charge in [0.1, 0.15) is 24.5 Å². The molecule has 22 heavy (non-hydrogen) atoms. The van der Waals surface area contributed by atoms with Crippen LogP contribution >= 0.6 is 0 Å². The number of nitrogens with one attached hydrogen (secondary N) is 1. The van der Waals surface area contributed by atoms with Gasteiger partial charge in [0.15, 0.2) is 12.0 Å². The van der Waals surface area contributed by atoms with Crippen LogP contribution in [0.5, 0.6) is 0 Å². The molecule has 0 bridgehead atoms. The fraction of sp³-hybridized carbons (Fsp3) is 0.786. The highest BCUT2D eigenvalue weighted by molar-refractivity contribution is 5.76. The lowest BCUT2D eigenvalue weighted by atomic mass is 10.1. The Morgan fingerprint density at radius 2 is 2.18 bits per heavy atom. The van der Waals surface area contributed by atoms with Gasteiger partial charge < -0.3 is 29.4 Å². The smallest absolute Gasteiger partial charge is 0.325 e. The maximum absolute atomic E-state index is 12.4. The fourth-order valence-electron chi connectivity index (χ4n) is 3.02. The van der Waals surface area contributed by atoms with E-state index in [1.54, 1.807) is 20.0 Å². The molecule has 124 valence electrons. The second kappa shape index (κ2) is 5.78. The van der Waals surface area contributed by atoms with Gasteiger partial charge in [-0.05, 0) is 13.8 Å². The quantitative estimate of drug-likeness (QED) is 0.769. The third-order valence-electron chi connectivity index (χ3n) is 4.00. The van der Waals surface area contributed by atoms with Crippen LogP contribution in [0.4, 0.5) is 4.79 Å². The molecule has 2 fully saturated rings. The van der Waals surface area contributed by atoms with E-state index in [9.17, 15) is 9.90 Å². The van der Waals surface area contributed by atoms with Crippen molar-refractivity contribution < 1.29 is 28.8 Å². The number of aliphatic hydroxyl groups excluding tert-OH is 1. The third-order valence-corrected chi connectivity index (χ3v) is 4.00. The van der Waals surface area contributed by atoms with Crippen molar-refractivity contribution in [3.63, 3.8) is 0 Å². The Kier molecular flexibility index (Phi) is 4.13. The Bertz CT molecular complexity index is 468. The van der Waals surface area contributed by atoms with Crippen LogP contribution in [0.15, 0.2) is 12.3 Å². The summed E-state index contributed by atoms with van der Waals surface area (Å²) in [6.45, 7) is 3.41. The average Bonchev–Trinajstić information content (AvgIpc) is 2.86. The lowest BCUT2D eigenvalue weighted by molar-refractivity contribution is -0.201. The molecule has 0 aromatic rings. The van der Waals surface area contributed by atoms with E-state index in [1.807, 2.05) is 6.08 Å². The molecule has 0 spiro atoms. The maximum atomic E-state index is 12.4. The molecular formula is C14H22N2O6. The van der Waals surface area contributed by atoms with Crippen molar-refractivity contribution in [1.82, 2.24) is 10.2 Å². The predicted octanol–water partition coefficient (Wildman–Crippen LogP) is 0.125. The molecule has 0 radical (unpaired) electrons. The predicted molar refractivity (Wildman–Crippen MR) is 74.5 cm³/mol. The number of hydrogen-bond donors (Lipinski definition) is 2. The van der Waals surface area contributed by atoms with Crippen LogP contribution in [-0.2, 0) is 18.9 Å². The Labute approximate surface area is 128 Å². The zero-order valence-electron chi connectivity index (χ0n) is 12.9. The van der Waals surface area contributed by atoms with Crippen molar-refractivity contribution in [2.75, 3.05) is 13.7 Å². The van der Waals surface area contributed by atoms with Crippen LogP contribution in [0.2, 0.25) is 0 Å². The number of urea groups is 1. The normalized spacial score (nSPS) is 40.5. The Hall–Kier alpha value is -1.19. The number of hydrogen-bond acceptors (Lipinski definition) is 6. The monoisotopic (exact) mass is 314 g/mol. The van der Waals surface area contributed by atoms with E-state index in [2.05, 4.69) is 5.32 Å². The number of rotatable bonds is 3. The first-order valence-electron chi connectivity index (χ1n) is 7.35. The number of aliphatic hydroxyl groups is 1. The van der Waals surface area contributed by atoms with Gasteiger partial charge in [-0.15, -0.1) is 0 Å². The number of carbonyl (C=O) groups is 1. The van der Waals surface area contributed by atoms with Crippen molar-refractivity contribution in [3.05, 3.63) is 12.3 Å². The fourth-order valence-corrected chi connectivity index (χ4v) is 3.02. The molecule has 0 aromatic carbocycles. The Balaban J connectivity index is 1.80. The van der Waals surface area contributed by atoms with E-state index in [0.29, 0.717) is 6.42 Å². The molecule has 2 saturated heterocycles. The first-order chi connectivity index (χ1) is 10.4. The minimum absolute atomic E-state index is 0.197. The molecule has 0 saturated carbocycles. The van der Waals surface area contributed by atoms with Crippen LogP contribution in [-0.4, -0.2) is 66.3 Å². The van der Waals surface area contributed by atoms with Crippen LogP contribution in [0.25, 0.3) is 0 Å². The minimum Gasteiger partial charge on any atom is -0.394 e. The van der Waals surface area contributed by atoms with Gasteiger partial charge >= 0.3 is 6.03 Å². The van der Waals surface area contributed by atoms with Crippen molar-refractivity contribution in [2.45, 2.75) is 56.8 Å². The number of amides is 2. The number of methoxy groups -OCH3 is 1. The van der Waals surface area contributed by atoms with Gasteiger partial charge in [0.05, 0.1) is 6.61 Å². The summed E-state index contributed by atoms with van der Waals surface area (Å²) in [5.41, 5.74) is 0. The van der Waals surface area contributed by atoms with E-state index in [4.69, 9.17) is 18.9 Å². The number of carbonyl (C=O) groups excluding carboxylic acids is 1. The van der Waals surface area contributed by atoms with Gasteiger partial charge in [0.2, 0.25) is 0 Å². The molecule has 3 rings (SSSR count). The summed E-state index contributed by atoms with van der Waals surface area (Å²) in [7, 11) is 1.54. The van der Waals surface area contributed by atoms with E-state index < -0.39 is 30.3 Å². The van der Waals surface area contributed by atoms with Gasteiger partial charge in [-0.1, -0.05) is 6.08 Å². The van der Waals surface area contributed by atoms with Crippen LogP contribution in [0, 0.1) is 0 Å². The van der Waals surface area contributed by atoms with Gasteiger partial charge in [-0.25, -0.2) is 4.79 Å². The zero-order valence-corrected chi connectivity index (χ0v) is 12.9. The van der Waals surface area contributed by atoms with E-state index in [-0.39, 0.29) is 18.9 Å². The molecular weight excluding hydrogens is 292 g/mol. The van der Waals surface area contributed by atoms with Crippen LogP contribution in [0.3, 0.4) is 0 Å². The summed E-state index contributed by atoms with van der Waals surface area (Å²) in [5.74, 6) is -0.772. The first-order valence-corrected chi connectivity index (χ1v) is 7.35. The molecule has 3 heterocycles. The number of nitrogens with zero attached hydrogens (tertiary/aromatic N) is 1. The van der Waals surface area contributed by atoms with Crippen molar-refractivity contribution in [3.8, 4) is 0 Å². The molecule has 3 aliphatic rings. The molecule has 0 aliphatic carbocycles. The van der Waals surface area contributed by atoms with Gasteiger partial charge in [-0.2, -0.15) is 0 Å². The summed E-state index contributed by atoms with van der Waals surface area (Å²) in [6, 6.07) is -0.337. The highest BCUT2D eigenvalue weighted by Gasteiger charge is 2.57. The SMILES string of the molecule is COC1CC=CN([C@@H]2O[C@H](CO)[C@H]3OC(C)(C)O[C@H]32)C(=O)N1. The van der Waals surface area contributed by atoms with E-state index in [0.717, 1.165) is 0 Å². The second-order valence-corrected chi connectivity index (χ2v) is 6.01. The first kappa shape index (κ1) is 15.7. The highest BCUT2D eigenvalue weighted by Crippen LogP contribution is 2.40. The molecule has 2 amide bonds. The lowest BCUT2D eigenvalue weighted by Gasteiger charge is -2.29. The number of fused-ring (bicyclic) bond motifs is 1. The number of ether oxygens (including phenoxy) is 4. The summed E-state index contributed by atoms with van der Waals surface area (Å²) >= 11 is 0.